The van der Waals surface area contributed by atoms with Gasteiger partial charge in [0.15, 0.2) is 0 Å². The van der Waals surface area contributed by atoms with Crippen LogP contribution in [0.25, 0.3) is 10.2 Å². The van der Waals surface area contributed by atoms with E-state index in [1.807, 2.05) is 23.3 Å². The van der Waals surface area contributed by atoms with Crippen molar-refractivity contribution >= 4 is 44.9 Å². The lowest BCUT2D eigenvalue weighted by Gasteiger charge is -2.34. The SMILES string of the molecule is CC1C(=O)NCCN1c1nc(Cl)nc2sccc12. The van der Waals surface area contributed by atoms with E-state index in [1.54, 1.807) is 0 Å². The Kier molecular flexibility index (Phi) is 2.83. The highest BCUT2D eigenvalue weighted by atomic mass is 35.5. The predicted octanol–water partition coefficient (Wildman–Crippen LogP) is 1.67. The molecule has 3 rings (SSSR count). The van der Waals surface area contributed by atoms with E-state index < -0.39 is 0 Å². The van der Waals surface area contributed by atoms with E-state index in [0.717, 1.165) is 22.6 Å². The van der Waals surface area contributed by atoms with Gasteiger partial charge in [-0.2, -0.15) is 4.98 Å². The Hall–Kier alpha value is -1.40. The highest BCUT2D eigenvalue weighted by Gasteiger charge is 2.28. The summed E-state index contributed by atoms with van der Waals surface area (Å²) in [5.74, 6) is 0.757. The molecule has 1 fully saturated rings. The number of anilines is 1. The maximum atomic E-state index is 11.7. The Balaban J connectivity index is 2.12. The third-order valence-electron chi connectivity index (χ3n) is 3.05. The van der Waals surface area contributed by atoms with Gasteiger partial charge < -0.3 is 10.2 Å². The molecule has 3 heterocycles. The number of thiophene rings is 1. The van der Waals surface area contributed by atoms with E-state index in [9.17, 15) is 4.79 Å². The van der Waals surface area contributed by atoms with E-state index >= 15 is 0 Å². The van der Waals surface area contributed by atoms with Crippen LogP contribution in [-0.2, 0) is 4.79 Å². The van der Waals surface area contributed by atoms with Crippen LogP contribution in [0.5, 0.6) is 0 Å². The minimum atomic E-state index is -0.243. The predicted molar refractivity (Wildman–Crippen MR) is 72.2 cm³/mol. The second kappa shape index (κ2) is 4.37. The minimum absolute atomic E-state index is 0.0133. The van der Waals surface area contributed by atoms with Gasteiger partial charge in [-0.05, 0) is 30.0 Å². The van der Waals surface area contributed by atoms with Gasteiger partial charge in [-0.15, -0.1) is 11.3 Å². The van der Waals surface area contributed by atoms with Crippen molar-refractivity contribution in [1.82, 2.24) is 15.3 Å². The summed E-state index contributed by atoms with van der Waals surface area (Å²) in [6, 6.07) is 1.72. The highest BCUT2D eigenvalue weighted by Crippen LogP contribution is 2.30. The molecule has 0 radical (unpaired) electrons. The first kappa shape index (κ1) is 11.7. The lowest BCUT2D eigenvalue weighted by molar-refractivity contribution is -0.122. The summed E-state index contributed by atoms with van der Waals surface area (Å²) in [6.45, 7) is 3.21. The van der Waals surface area contributed by atoms with Crippen molar-refractivity contribution in [3.63, 3.8) is 0 Å². The average Bonchev–Trinajstić information content (AvgIpc) is 2.79. The third-order valence-corrected chi connectivity index (χ3v) is 4.02. The van der Waals surface area contributed by atoms with Gasteiger partial charge in [-0.3, -0.25) is 4.79 Å². The van der Waals surface area contributed by atoms with Crippen LogP contribution in [0.4, 0.5) is 5.82 Å². The van der Waals surface area contributed by atoms with Crippen LogP contribution in [0.2, 0.25) is 5.28 Å². The fraction of sp³-hybridized carbons (Fsp3) is 0.364. The number of carbonyl (C=O) groups is 1. The molecule has 1 aliphatic rings. The number of halogens is 1. The maximum Gasteiger partial charge on any atom is 0.242 e. The number of nitrogens with zero attached hydrogens (tertiary/aromatic N) is 3. The Bertz CT molecular complexity index is 614. The van der Waals surface area contributed by atoms with Crippen LogP contribution in [0, 0.1) is 0 Å². The molecule has 2 aromatic heterocycles. The summed E-state index contributed by atoms with van der Waals surface area (Å²) in [5, 5.41) is 5.96. The van der Waals surface area contributed by atoms with Gasteiger partial charge in [-0.25, -0.2) is 4.98 Å². The summed E-state index contributed by atoms with van der Waals surface area (Å²) in [4.78, 5) is 23.0. The Labute approximate surface area is 113 Å². The van der Waals surface area contributed by atoms with Crippen molar-refractivity contribution in [2.45, 2.75) is 13.0 Å². The molecule has 7 heteroatoms. The number of hydrogen-bond donors (Lipinski definition) is 1. The van der Waals surface area contributed by atoms with Crippen LogP contribution in [0.1, 0.15) is 6.92 Å². The fourth-order valence-electron chi connectivity index (χ4n) is 2.11. The summed E-state index contributed by atoms with van der Waals surface area (Å²) in [6.07, 6.45) is 0. The van der Waals surface area contributed by atoms with E-state index in [-0.39, 0.29) is 17.2 Å². The Morgan fingerprint density at radius 2 is 2.39 bits per heavy atom. The number of hydrogen-bond acceptors (Lipinski definition) is 5. The van der Waals surface area contributed by atoms with Crippen molar-refractivity contribution in [1.29, 1.82) is 0 Å². The van der Waals surface area contributed by atoms with Gasteiger partial charge in [-0.1, -0.05) is 0 Å². The summed E-state index contributed by atoms with van der Waals surface area (Å²) < 4.78 is 0. The molecule has 0 bridgehead atoms. The van der Waals surface area contributed by atoms with Crippen LogP contribution in [0.3, 0.4) is 0 Å². The Morgan fingerprint density at radius 3 is 3.22 bits per heavy atom. The monoisotopic (exact) mass is 282 g/mol. The molecule has 18 heavy (non-hydrogen) atoms. The van der Waals surface area contributed by atoms with Crippen LogP contribution < -0.4 is 10.2 Å². The number of nitrogens with one attached hydrogen (secondary N) is 1. The second-order valence-corrected chi connectivity index (χ2v) is 5.35. The molecular weight excluding hydrogens is 272 g/mol. The van der Waals surface area contributed by atoms with Gasteiger partial charge in [0.05, 0.1) is 5.39 Å². The molecule has 2 aromatic rings. The topological polar surface area (TPSA) is 58.1 Å². The van der Waals surface area contributed by atoms with Gasteiger partial charge in [0.25, 0.3) is 0 Å². The summed E-state index contributed by atoms with van der Waals surface area (Å²) >= 11 is 7.46. The Morgan fingerprint density at radius 1 is 1.56 bits per heavy atom. The van der Waals surface area contributed by atoms with Crippen molar-refractivity contribution in [3.05, 3.63) is 16.7 Å². The number of rotatable bonds is 1. The molecule has 94 valence electrons. The molecule has 1 atom stereocenters. The smallest absolute Gasteiger partial charge is 0.242 e. The zero-order chi connectivity index (χ0) is 12.7. The molecule has 1 saturated heterocycles. The highest BCUT2D eigenvalue weighted by molar-refractivity contribution is 7.16. The summed E-state index contributed by atoms with van der Waals surface area (Å²) in [5.41, 5.74) is 0. The largest absolute Gasteiger partial charge is 0.353 e. The van der Waals surface area contributed by atoms with Crippen molar-refractivity contribution in [3.8, 4) is 0 Å². The quantitative estimate of drug-likeness (QED) is 0.809. The first-order chi connectivity index (χ1) is 8.66. The van der Waals surface area contributed by atoms with Crippen LogP contribution in [0.15, 0.2) is 11.4 Å². The number of amides is 1. The molecule has 1 amide bonds. The molecule has 1 unspecified atom stereocenters. The third kappa shape index (κ3) is 1.81. The molecule has 5 nitrogen and oxygen atoms in total. The van der Waals surface area contributed by atoms with Gasteiger partial charge in [0, 0.05) is 13.1 Å². The number of piperazine rings is 1. The molecule has 0 aliphatic carbocycles. The lowest BCUT2D eigenvalue weighted by atomic mass is 10.2. The molecule has 1 aliphatic heterocycles. The first-order valence-electron chi connectivity index (χ1n) is 5.62. The standard InChI is InChI=1S/C11H11ClN4OS/c1-6-9(17)13-3-4-16(6)8-7-2-5-18-10(7)15-11(12)14-8/h2,5-6H,3-4H2,1H3,(H,13,17). The maximum absolute atomic E-state index is 11.7. The van der Waals surface area contributed by atoms with Crippen molar-refractivity contribution < 1.29 is 4.79 Å². The summed E-state index contributed by atoms with van der Waals surface area (Å²) in [7, 11) is 0. The van der Waals surface area contributed by atoms with Crippen LogP contribution in [-0.4, -0.2) is 35.0 Å². The second-order valence-electron chi connectivity index (χ2n) is 4.12. The molecule has 0 saturated carbocycles. The first-order valence-corrected chi connectivity index (χ1v) is 6.87. The van der Waals surface area contributed by atoms with E-state index in [4.69, 9.17) is 11.6 Å². The average molecular weight is 283 g/mol. The normalized spacial score (nSPS) is 20.2. The minimum Gasteiger partial charge on any atom is -0.353 e. The number of carbonyl (C=O) groups excluding carboxylic acids is 1. The number of aromatic nitrogens is 2. The number of fused-ring (bicyclic) bond motifs is 1. The van der Waals surface area contributed by atoms with Crippen molar-refractivity contribution in [2.24, 2.45) is 0 Å². The van der Waals surface area contributed by atoms with Gasteiger partial charge in [0.2, 0.25) is 11.2 Å². The molecule has 1 N–H and O–H groups in total. The van der Waals surface area contributed by atoms with Gasteiger partial charge >= 0.3 is 0 Å². The van der Waals surface area contributed by atoms with E-state index in [1.165, 1.54) is 11.3 Å². The zero-order valence-electron chi connectivity index (χ0n) is 9.68. The fourth-order valence-corrected chi connectivity index (χ4v) is 3.08. The van der Waals surface area contributed by atoms with E-state index in [2.05, 4.69) is 15.3 Å². The van der Waals surface area contributed by atoms with Crippen molar-refractivity contribution in [2.75, 3.05) is 18.0 Å². The van der Waals surface area contributed by atoms with E-state index in [0.29, 0.717) is 6.54 Å². The van der Waals surface area contributed by atoms with Gasteiger partial charge in [0.1, 0.15) is 16.7 Å². The molecular formula is C11H11ClN4OS. The zero-order valence-corrected chi connectivity index (χ0v) is 11.3. The molecule has 0 spiro atoms. The lowest BCUT2D eigenvalue weighted by Crippen LogP contribution is -2.54. The van der Waals surface area contributed by atoms with Crippen LogP contribution >= 0.6 is 22.9 Å². The molecule has 0 aromatic carbocycles.